The van der Waals surface area contributed by atoms with Crippen LogP contribution in [0.1, 0.15) is 0 Å². The number of hydrogen-bond donors (Lipinski definition) is 2. The largest absolute Gasteiger partial charge is 0.467 e. The van der Waals surface area contributed by atoms with E-state index >= 15 is 0 Å². The molecule has 6 heteroatoms. The Morgan fingerprint density at radius 2 is 1.78 bits per heavy atom. The van der Waals surface area contributed by atoms with E-state index in [9.17, 15) is 0 Å². The van der Waals surface area contributed by atoms with Gasteiger partial charge in [-0.2, -0.15) is 0 Å². The van der Waals surface area contributed by atoms with Gasteiger partial charge in [0, 0.05) is 25.6 Å². The lowest BCUT2D eigenvalue weighted by Gasteiger charge is -2.21. The predicted octanol–water partition coefficient (Wildman–Crippen LogP) is 2.26. The van der Waals surface area contributed by atoms with Gasteiger partial charge in [-0.3, -0.25) is 0 Å². The molecule has 0 unspecified atom stereocenters. The van der Waals surface area contributed by atoms with Crippen LogP contribution in [0.2, 0.25) is 0 Å². The van der Waals surface area contributed by atoms with E-state index in [2.05, 4.69) is 20.6 Å². The summed E-state index contributed by atoms with van der Waals surface area (Å²) in [6.07, 6.45) is 3.29. The minimum Gasteiger partial charge on any atom is -0.467 e. The van der Waals surface area contributed by atoms with Gasteiger partial charge in [-0.1, -0.05) is 0 Å². The smallest absolute Gasteiger partial charge is 0.188 e. The molecule has 0 spiro atoms. The van der Waals surface area contributed by atoms with Crippen molar-refractivity contribution in [1.82, 2.24) is 9.97 Å². The molecular formula is C12H12N4O2. The number of nitrogens with zero attached hydrogens (tertiary/aromatic N) is 2. The van der Waals surface area contributed by atoms with Crippen molar-refractivity contribution in [3.05, 3.63) is 30.6 Å². The molecule has 3 rings (SSSR count). The van der Waals surface area contributed by atoms with Crippen molar-refractivity contribution in [2.75, 3.05) is 24.5 Å². The zero-order chi connectivity index (χ0) is 12.4. The van der Waals surface area contributed by atoms with Gasteiger partial charge in [0.15, 0.2) is 18.4 Å². The summed E-state index contributed by atoms with van der Waals surface area (Å²) in [4.78, 5) is 8.41. The summed E-state index contributed by atoms with van der Waals surface area (Å²) in [5.74, 6) is 2.15. The topological polar surface area (TPSA) is 68.3 Å². The molecule has 2 N–H and O–H groups in total. The van der Waals surface area contributed by atoms with Crippen LogP contribution in [0.5, 0.6) is 5.75 Å². The Morgan fingerprint density at radius 1 is 1.06 bits per heavy atom. The lowest BCUT2D eigenvalue weighted by Crippen LogP contribution is -2.09. The third kappa shape index (κ3) is 1.93. The number of benzene rings is 1. The van der Waals surface area contributed by atoms with Crippen LogP contribution in [0.15, 0.2) is 30.6 Å². The highest BCUT2D eigenvalue weighted by atomic mass is 16.7. The summed E-state index contributed by atoms with van der Waals surface area (Å²) in [6, 6.07) is 5.68. The van der Waals surface area contributed by atoms with Gasteiger partial charge >= 0.3 is 0 Å². The minimum atomic E-state index is 0.225. The molecule has 1 aliphatic rings. The van der Waals surface area contributed by atoms with Crippen LogP contribution < -0.4 is 15.4 Å². The van der Waals surface area contributed by atoms with Gasteiger partial charge < -0.3 is 20.1 Å². The van der Waals surface area contributed by atoms with Crippen LogP contribution >= 0.6 is 0 Å². The predicted molar refractivity (Wildman–Crippen MR) is 67.5 cm³/mol. The van der Waals surface area contributed by atoms with Gasteiger partial charge in [-0.05, 0) is 12.1 Å². The normalized spacial score (nSPS) is 11.8. The van der Waals surface area contributed by atoms with Gasteiger partial charge in [0.25, 0.3) is 0 Å². The zero-order valence-corrected chi connectivity index (χ0v) is 9.80. The Hall–Kier alpha value is -2.34. The summed E-state index contributed by atoms with van der Waals surface area (Å²) in [7, 11) is 1.59. The Balaban J connectivity index is 1.89. The van der Waals surface area contributed by atoms with Crippen LogP contribution in [0.3, 0.4) is 0 Å². The van der Waals surface area contributed by atoms with E-state index in [0.29, 0.717) is 5.82 Å². The molecule has 0 amide bonds. The summed E-state index contributed by atoms with van der Waals surface area (Å²) < 4.78 is 10.2. The molecule has 6 nitrogen and oxygen atoms in total. The fourth-order valence-corrected chi connectivity index (χ4v) is 1.73. The molecule has 2 heterocycles. The van der Waals surface area contributed by atoms with Crippen molar-refractivity contribution in [2.24, 2.45) is 0 Å². The number of hydrogen-bond acceptors (Lipinski definition) is 6. The number of aromatic nitrogens is 2. The number of rotatable bonds is 3. The molecule has 0 saturated carbocycles. The third-order valence-corrected chi connectivity index (χ3v) is 2.54. The van der Waals surface area contributed by atoms with Crippen molar-refractivity contribution in [2.45, 2.75) is 0 Å². The van der Waals surface area contributed by atoms with Crippen molar-refractivity contribution in [1.29, 1.82) is 0 Å². The van der Waals surface area contributed by atoms with Crippen LogP contribution in [0.4, 0.5) is 23.0 Å². The first-order valence-corrected chi connectivity index (χ1v) is 5.47. The van der Waals surface area contributed by atoms with E-state index < -0.39 is 0 Å². The second kappa shape index (κ2) is 4.50. The number of methoxy groups -OCH3 is 1. The van der Waals surface area contributed by atoms with E-state index in [1.165, 1.54) is 0 Å². The van der Waals surface area contributed by atoms with E-state index in [0.717, 1.165) is 22.9 Å². The molecule has 0 aliphatic carbocycles. The molecule has 1 aromatic carbocycles. The maximum absolute atomic E-state index is 5.38. The Labute approximate surface area is 104 Å². The van der Waals surface area contributed by atoms with E-state index in [-0.39, 0.29) is 6.79 Å². The SMILES string of the molecule is COCOc1ccc2c(c1)Nc1nccnc1N2. The fraction of sp³-hybridized carbons (Fsp3) is 0.167. The van der Waals surface area contributed by atoms with E-state index in [1.807, 2.05) is 18.2 Å². The third-order valence-electron chi connectivity index (χ3n) is 2.54. The molecule has 0 radical (unpaired) electrons. The molecule has 0 saturated heterocycles. The molecule has 0 bridgehead atoms. The molecule has 1 aliphatic heterocycles. The molecule has 18 heavy (non-hydrogen) atoms. The van der Waals surface area contributed by atoms with Gasteiger partial charge in [0.1, 0.15) is 5.75 Å². The first kappa shape index (κ1) is 10.8. The molecule has 92 valence electrons. The number of ether oxygens (including phenoxy) is 2. The van der Waals surface area contributed by atoms with Crippen molar-refractivity contribution in [3.8, 4) is 5.75 Å². The molecule has 0 fully saturated rings. The number of nitrogens with one attached hydrogen (secondary N) is 2. The first-order valence-electron chi connectivity index (χ1n) is 5.47. The zero-order valence-electron chi connectivity index (χ0n) is 9.80. The summed E-state index contributed by atoms with van der Waals surface area (Å²) in [5.41, 5.74) is 1.84. The Bertz CT molecular complexity index is 574. The average Bonchev–Trinajstić information content (AvgIpc) is 2.42. The molecule has 2 aromatic rings. The quantitative estimate of drug-likeness (QED) is 0.689. The number of anilines is 4. The molecule has 1 aromatic heterocycles. The van der Waals surface area contributed by atoms with Crippen LogP contribution in [0.25, 0.3) is 0 Å². The van der Waals surface area contributed by atoms with Crippen molar-refractivity contribution < 1.29 is 9.47 Å². The summed E-state index contributed by atoms with van der Waals surface area (Å²) in [5, 5.41) is 6.40. The highest BCUT2D eigenvalue weighted by Gasteiger charge is 2.16. The highest BCUT2D eigenvalue weighted by molar-refractivity contribution is 5.87. The standard InChI is InChI=1S/C12H12N4O2/c1-17-7-18-8-2-3-9-10(6-8)16-12-11(15-9)13-4-5-14-12/h2-6H,7H2,1H3,(H,13,15)(H,14,16). The lowest BCUT2D eigenvalue weighted by molar-refractivity contribution is 0.0512. The van der Waals surface area contributed by atoms with Gasteiger partial charge in [0.05, 0.1) is 11.4 Å². The lowest BCUT2D eigenvalue weighted by atomic mass is 10.2. The van der Waals surface area contributed by atoms with E-state index in [4.69, 9.17) is 9.47 Å². The Morgan fingerprint density at radius 3 is 2.50 bits per heavy atom. The fourth-order valence-electron chi connectivity index (χ4n) is 1.73. The van der Waals surface area contributed by atoms with Crippen LogP contribution in [0, 0.1) is 0 Å². The van der Waals surface area contributed by atoms with Gasteiger partial charge in [-0.15, -0.1) is 0 Å². The Kier molecular flexibility index (Phi) is 2.70. The van der Waals surface area contributed by atoms with Crippen molar-refractivity contribution >= 4 is 23.0 Å². The maximum Gasteiger partial charge on any atom is 0.188 e. The number of fused-ring (bicyclic) bond motifs is 2. The summed E-state index contributed by atoms with van der Waals surface area (Å²) >= 11 is 0. The van der Waals surface area contributed by atoms with Gasteiger partial charge in [0.2, 0.25) is 0 Å². The minimum absolute atomic E-state index is 0.225. The molecular weight excluding hydrogens is 232 g/mol. The van der Waals surface area contributed by atoms with Gasteiger partial charge in [-0.25, -0.2) is 9.97 Å². The molecule has 0 atom stereocenters. The first-order chi connectivity index (χ1) is 8.86. The second-order valence-electron chi connectivity index (χ2n) is 3.76. The monoisotopic (exact) mass is 244 g/mol. The summed E-state index contributed by atoms with van der Waals surface area (Å²) in [6.45, 7) is 0.225. The highest BCUT2D eigenvalue weighted by Crippen LogP contribution is 2.37. The van der Waals surface area contributed by atoms with Crippen molar-refractivity contribution in [3.63, 3.8) is 0 Å². The van der Waals surface area contributed by atoms with Crippen LogP contribution in [-0.4, -0.2) is 23.9 Å². The maximum atomic E-state index is 5.38. The average molecular weight is 244 g/mol. The van der Waals surface area contributed by atoms with E-state index in [1.54, 1.807) is 19.5 Å². The second-order valence-corrected chi connectivity index (χ2v) is 3.76. The van der Waals surface area contributed by atoms with Crippen LogP contribution in [-0.2, 0) is 4.74 Å².